The zero-order chi connectivity index (χ0) is 23.8. The van der Waals surface area contributed by atoms with Crippen LogP contribution in [0.5, 0.6) is 0 Å². The summed E-state index contributed by atoms with van der Waals surface area (Å²) in [4.78, 5) is 45.2. The molecule has 0 N–H and O–H groups in total. The van der Waals surface area contributed by atoms with E-state index in [4.69, 9.17) is 11.6 Å². The molecule has 0 saturated heterocycles. The standard InChI is InChI=1S/C26H25ClN4O3/c1-17(23(32)19-11-13-20(27)14-12-19)31-25(33)22-24(28-16-30(22)21-9-5-6-10-21)29(26(31)34)15-18-7-3-2-4-8-18/h2-4,7-8,11-14,16-17,21H,5-6,9-10,15H2,1H3/t17-/m0/s1. The molecule has 2 aromatic heterocycles. The van der Waals surface area contributed by atoms with Crippen molar-refractivity contribution < 1.29 is 4.79 Å². The summed E-state index contributed by atoms with van der Waals surface area (Å²) in [5, 5.41) is 0.508. The van der Waals surface area contributed by atoms with E-state index in [0.29, 0.717) is 21.7 Å². The second-order valence-electron chi connectivity index (χ2n) is 8.84. The van der Waals surface area contributed by atoms with Crippen LogP contribution in [0.4, 0.5) is 0 Å². The van der Waals surface area contributed by atoms with Crippen LogP contribution in [0.1, 0.15) is 60.6 Å². The van der Waals surface area contributed by atoms with Crippen molar-refractivity contribution >= 4 is 28.5 Å². The second-order valence-corrected chi connectivity index (χ2v) is 9.28. The molecule has 1 aliphatic carbocycles. The lowest BCUT2D eigenvalue weighted by Crippen LogP contribution is -2.44. The molecule has 0 aliphatic heterocycles. The molecule has 5 rings (SSSR count). The molecular weight excluding hydrogens is 452 g/mol. The van der Waals surface area contributed by atoms with Gasteiger partial charge in [-0.25, -0.2) is 14.3 Å². The van der Waals surface area contributed by atoms with Gasteiger partial charge >= 0.3 is 5.69 Å². The number of benzene rings is 2. The maximum atomic E-state index is 13.7. The number of imidazole rings is 1. The number of halogens is 1. The first kappa shape index (κ1) is 22.3. The van der Waals surface area contributed by atoms with E-state index in [9.17, 15) is 14.4 Å². The minimum atomic E-state index is -0.987. The number of fused-ring (bicyclic) bond motifs is 1. The number of ketones is 1. The van der Waals surface area contributed by atoms with E-state index in [1.807, 2.05) is 34.9 Å². The number of carbonyl (C=O) groups excluding carboxylic acids is 1. The molecule has 174 valence electrons. The van der Waals surface area contributed by atoms with Crippen LogP contribution in [0.2, 0.25) is 5.02 Å². The summed E-state index contributed by atoms with van der Waals surface area (Å²) in [6, 6.07) is 15.2. The SMILES string of the molecule is C[C@@H](C(=O)c1ccc(Cl)cc1)n1c(=O)c2c(ncn2C2CCCC2)n(Cc2ccccc2)c1=O. The van der Waals surface area contributed by atoms with E-state index in [1.165, 1.54) is 4.57 Å². The molecule has 2 aromatic carbocycles. The van der Waals surface area contributed by atoms with E-state index in [-0.39, 0.29) is 18.4 Å². The third-order valence-corrected chi connectivity index (χ3v) is 6.94. The number of hydrogen-bond acceptors (Lipinski definition) is 4. The van der Waals surface area contributed by atoms with Crippen LogP contribution in [-0.4, -0.2) is 24.5 Å². The first-order valence-electron chi connectivity index (χ1n) is 11.5. The molecule has 0 amide bonds. The highest BCUT2D eigenvalue weighted by atomic mass is 35.5. The quantitative estimate of drug-likeness (QED) is 0.380. The van der Waals surface area contributed by atoms with Crippen LogP contribution in [0, 0.1) is 0 Å². The molecule has 7 nitrogen and oxygen atoms in total. The Labute approximate surface area is 201 Å². The molecular formula is C26H25ClN4O3. The predicted molar refractivity (Wildman–Crippen MR) is 132 cm³/mol. The predicted octanol–water partition coefficient (Wildman–Crippen LogP) is 4.62. The van der Waals surface area contributed by atoms with Crippen molar-refractivity contribution in [2.24, 2.45) is 0 Å². The van der Waals surface area contributed by atoms with Crippen molar-refractivity contribution in [2.45, 2.75) is 51.2 Å². The lowest BCUT2D eigenvalue weighted by atomic mass is 10.1. The fourth-order valence-electron chi connectivity index (χ4n) is 4.86. The van der Waals surface area contributed by atoms with Crippen LogP contribution in [0.15, 0.2) is 70.5 Å². The maximum Gasteiger partial charge on any atom is 0.333 e. The minimum absolute atomic E-state index is 0.163. The normalized spacial score (nSPS) is 15.1. The molecule has 0 radical (unpaired) electrons. The number of nitrogens with zero attached hydrogens (tertiary/aromatic N) is 4. The maximum absolute atomic E-state index is 13.7. The van der Waals surface area contributed by atoms with Gasteiger partial charge in [0.05, 0.1) is 12.9 Å². The van der Waals surface area contributed by atoms with Crippen molar-refractivity contribution in [2.75, 3.05) is 0 Å². The molecule has 34 heavy (non-hydrogen) atoms. The topological polar surface area (TPSA) is 78.9 Å². The number of Topliss-reactive ketones (excluding diaryl/α,β-unsaturated/α-hetero) is 1. The fourth-order valence-corrected chi connectivity index (χ4v) is 4.98. The number of hydrogen-bond donors (Lipinski definition) is 0. The van der Waals surface area contributed by atoms with Gasteiger partial charge in [-0.3, -0.25) is 14.2 Å². The molecule has 0 spiro atoms. The second kappa shape index (κ2) is 9.06. The Hall–Kier alpha value is -3.45. The molecule has 4 aromatic rings. The van der Waals surface area contributed by atoms with Gasteiger partial charge < -0.3 is 4.57 Å². The van der Waals surface area contributed by atoms with Gasteiger partial charge in [-0.2, -0.15) is 0 Å². The average molecular weight is 477 g/mol. The van der Waals surface area contributed by atoms with E-state index >= 15 is 0 Å². The average Bonchev–Trinajstić information content (AvgIpc) is 3.53. The fraction of sp³-hybridized carbons (Fsp3) is 0.308. The van der Waals surface area contributed by atoms with Crippen molar-refractivity contribution in [1.29, 1.82) is 0 Å². The molecule has 1 aliphatic rings. The Morgan fingerprint density at radius 2 is 1.74 bits per heavy atom. The minimum Gasteiger partial charge on any atom is -0.322 e. The zero-order valence-electron chi connectivity index (χ0n) is 18.9. The van der Waals surface area contributed by atoms with E-state index in [2.05, 4.69) is 4.98 Å². The number of aromatic nitrogens is 4. The van der Waals surface area contributed by atoms with Crippen molar-refractivity contribution in [1.82, 2.24) is 18.7 Å². The Kier molecular flexibility index (Phi) is 5.96. The van der Waals surface area contributed by atoms with Gasteiger partial charge in [0.2, 0.25) is 0 Å². The molecule has 2 heterocycles. The third kappa shape index (κ3) is 3.90. The van der Waals surface area contributed by atoms with Crippen LogP contribution in [0.25, 0.3) is 11.2 Å². The summed E-state index contributed by atoms with van der Waals surface area (Å²) in [5.74, 6) is -0.326. The van der Waals surface area contributed by atoms with Crippen molar-refractivity contribution in [3.63, 3.8) is 0 Å². The van der Waals surface area contributed by atoms with Gasteiger partial charge in [0.1, 0.15) is 6.04 Å². The Morgan fingerprint density at radius 3 is 2.41 bits per heavy atom. The molecule has 0 bridgehead atoms. The Balaban J connectivity index is 1.71. The first-order valence-corrected chi connectivity index (χ1v) is 11.9. The van der Waals surface area contributed by atoms with Crippen molar-refractivity contribution in [3.05, 3.63) is 97.9 Å². The zero-order valence-corrected chi connectivity index (χ0v) is 19.6. The summed E-state index contributed by atoms with van der Waals surface area (Å²) in [7, 11) is 0. The van der Waals surface area contributed by atoms with E-state index in [1.54, 1.807) is 37.5 Å². The van der Waals surface area contributed by atoms with Gasteiger partial charge in [-0.15, -0.1) is 0 Å². The summed E-state index contributed by atoms with van der Waals surface area (Å²) in [6.45, 7) is 1.84. The Morgan fingerprint density at radius 1 is 1.06 bits per heavy atom. The molecule has 8 heteroatoms. The van der Waals surface area contributed by atoms with Gasteiger partial charge in [0, 0.05) is 16.6 Å². The molecule has 1 atom stereocenters. The van der Waals surface area contributed by atoms with Crippen molar-refractivity contribution in [3.8, 4) is 0 Å². The Bertz CT molecular complexity index is 1460. The van der Waals surface area contributed by atoms with Crippen LogP contribution in [0.3, 0.4) is 0 Å². The first-order chi connectivity index (χ1) is 16.5. The number of rotatable bonds is 6. The van der Waals surface area contributed by atoms with Gasteiger partial charge in [-0.1, -0.05) is 54.8 Å². The summed E-state index contributed by atoms with van der Waals surface area (Å²) in [6.07, 6.45) is 5.77. The van der Waals surface area contributed by atoms with Crippen LogP contribution < -0.4 is 11.2 Å². The lowest BCUT2D eigenvalue weighted by molar-refractivity contribution is 0.0930. The van der Waals surface area contributed by atoms with E-state index in [0.717, 1.165) is 35.8 Å². The highest BCUT2D eigenvalue weighted by molar-refractivity contribution is 6.30. The van der Waals surface area contributed by atoms with Gasteiger partial charge in [0.15, 0.2) is 16.9 Å². The molecule has 1 saturated carbocycles. The third-order valence-electron chi connectivity index (χ3n) is 6.69. The highest BCUT2D eigenvalue weighted by Crippen LogP contribution is 2.31. The smallest absolute Gasteiger partial charge is 0.322 e. The van der Waals surface area contributed by atoms with Crippen LogP contribution in [-0.2, 0) is 6.54 Å². The van der Waals surface area contributed by atoms with Gasteiger partial charge in [0.25, 0.3) is 5.56 Å². The summed E-state index contributed by atoms with van der Waals surface area (Å²) in [5.41, 5.74) is 0.994. The molecule has 1 fully saturated rings. The monoisotopic (exact) mass is 476 g/mol. The summed E-state index contributed by atoms with van der Waals surface area (Å²) >= 11 is 5.96. The van der Waals surface area contributed by atoms with E-state index < -0.39 is 17.3 Å². The summed E-state index contributed by atoms with van der Waals surface area (Å²) < 4.78 is 4.49. The van der Waals surface area contributed by atoms with Crippen LogP contribution >= 0.6 is 11.6 Å². The van der Waals surface area contributed by atoms with Gasteiger partial charge in [-0.05, 0) is 49.6 Å². The highest BCUT2D eigenvalue weighted by Gasteiger charge is 2.28. The lowest BCUT2D eigenvalue weighted by Gasteiger charge is -2.18. The largest absolute Gasteiger partial charge is 0.333 e. The molecule has 0 unspecified atom stereocenters. The number of carbonyl (C=O) groups is 1.